The molecule has 2 rings (SSSR count). The van der Waals surface area contributed by atoms with Crippen molar-refractivity contribution >= 4 is 29.4 Å². The Morgan fingerprint density at radius 1 is 1.24 bits per heavy atom. The molecule has 0 fully saturated rings. The fourth-order valence-corrected chi connectivity index (χ4v) is 2.39. The van der Waals surface area contributed by atoms with Crippen LogP contribution in [0.5, 0.6) is 0 Å². The van der Waals surface area contributed by atoms with Crippen molar-refractivity contribution in [3.05, 3.63) is 47.1 Å². The summed E-state index contributed by atoms with van der Waals surface area (Å²) in [5, 5.41) is 19.1. The molecule has 3 N–H and O–H groups in total. The maximum Gasteiger partial charge on any atom is 0.320 e. The molecule has 0 atom stereocenters. The summed E-state index contributed by atoms with van der Waals surface area (Å²) in [6.07, 6.45) is 1.92. The number of rotatable bonds is 7. The van der Waals surface area contributed by atoms with E-state index >= 15 is 0 Å². The standard InChI is InChI=1S/C17H21ClN4O3/c1-17(2,9-7-15(23)24)21-16(25)20-14-8-10-19-22(14)11-12-3-5-13(18)6-4-12/h3-6,8,10H,7,9,11H2,1-2H3,(H,23,24)(H2,20,21,25). The van der Waals surface area contributed by atoms with Crippen LogP contribution in [0.4, 0.5) is 10.6 Å². The molecule has 7 nitrogen and oxygen atoms in total. The number of carbonyl (C=O) groups excluding carboxylic acids is 1. The van der Waals surface area contributed by atoms with Crippen molar-refractivity contribution in [3.63, 3.8) is 0 Å². The lowest BCUT2D eigenvalue weighted by Gasteiger charge is -2.25. The van der Waals surface area contributed by atoms with Gasteiger partial charge in [-0.05, 0) is 38.0 Å². The largest absolute Gasteiger partial charge is 0.481 e. The van der Waals surface area contributed by atoms with E-state index in [4.69, 9.17) is 16.7 Å². The first kappa shape index (κ1) is 18.8. The Balaban J connectivity index is 1.96. The van der Waals surface area contributed by atoms with Gasteiger partial charge in [0.2, 0.25) is 0 Å². The highest BCUT2D eigenvalue weighted by Gasteiger charge is 2.22. The van der Waals surface area contributed by atoms with Crippen molar-refractivity contribution in [1.82, 2.24) is 15.1 Å². The van der Waals surface area contributed by atoms with Crippen LogP contribution in [0, 0.1) is 0 Å². The van der Waals surface area contributed by atoms with Gasteiger partial charge >= 0.3 is 12.0 Å². The van der Waals surface area contributed by atoms with E-state index in [1.807, 2.05) is 12.1 Å². The van der Waals surface area contributed by atoms with Gasteiger partial charge < -0.3 is 10.4 Å². The Bertz CT molecular complexity index is 741. The van der Waals surface area contributed by atoms with Crippen LogP contribution in [0.1, 0.15) is 32.3 Å². The van der Waals surface area contributed by atoms with Crippen LogP contribution in [-0.2, 0) is 11.3 Å². The van der Waals surface area contributed by atoms with Crippen LogP contribution in [-0.4, -0.2) is 32.4 Å². The molecule has 1 heterocycles. The number of hydrogen-bond donors (Lipinski definition) is 3. The molecule has 1 aromatic carbocycles. The second-order valence-electron chi connectivity index (χ2n) is 6.36. The molecule has 25 heavy (non-hydrogen) atoms. The van der Waals surface area contributed by atoms with Crippen LogP contribution >= 0.6 is 11.6 Å². The van der Waals surface area contributed by atoms with E-state index < -0.39 is 17.5 Å². The van der Waals surface area contributed by atoms with E-state index in [-0.39, 0.29) is 6.42 Å². The fourth-order valence-electron chi connectivity index (χ4n) is 2.26. The van der Waals surface area contributed by atoms with Gasteiger partial charge in [-0.25, -0.2) is 9.48 Å². The van der Waals surface area contributed by atoms with Crippen molar-refractivity contribution in [2.45, 2.75) is 38.8 Å². The molecule has 134 valence electrons. The second-order valence-corrected chi connectivity index (χ2v) is 6.79. The number of carboxylic acids is 1. The SMILES string of the molecule is CC(C)(CCC(=O)O)NC(=O)Nc1ccnn1Cc1ccc(Cl)cc1. The molecular formula is C17H21ClN4O3. The zero-order chi connectivity index (χ0) is 18.4. The highest BCUT2D eigenvalue weighted by Crippen LogP contribution is 2.15. The van der Waals surface area contributed by atoms with E-state index in [9.17, 15) is 9.59 Å². The minimum Gasteiger partial charge on any atom is -0.481 e. The minimum absolute atomic E-state index is 0.0121. The lowest BCUT2D eigenvalue weighted by molar-refractivity contribution is -0.137. The third kappa shape index (κ3) is 6.11. The Kier molecular flexibility index (Phi) is 6.03. The average molecular weight is 365 g/mol. The summed E-state index contributed by atoms with van der Waals surface area (Å²) in [5.41, 5.74) is 0.363. The molecule has 2 aromatic rings. The number of urea groups is 1. The summed E-state index contributed by atoms with van der Waals surface area (Å²) in [6.45, 7) is 4.04. The molecular weight excluding hydrogens is 344 g/mol. The number of nitrogens with zero attached hydrogens (tertiary/aromatic N) is 2. The zero-order valence-corrected chi connectivity index (χ0v) is 14.9. The summed E-state index contributed by atoms with van der Waals surface area (Å²) in [4.78, 5) is 22.9. The molecule has 0 bridgehead atoms. The molecule has 8 heteroatoms. The summed E-state index contributed by atoms with van der Waals surface area (Å²) < 4.78 is 1.66. The van der Waals surface area contributed by atoms with Crippen LogP contribution in [0.3, 0.4) is 0 Å². The Morgan fingerprint density at radius 2 is 1.92 bits per heavy atom. The number of anilines is 1. The molecule has 0 aliphatic heterocycles. The number of benzene rings is 1. The number of hydrogen-bond acceptors (Lipinski definition) is 3. The van der Waals surface area contributed by atoms with Crippen molar-refractivity contribution in [2.24, 2.45) is 0 Å². The minimum atomic E-state index is -0.892. The summed E-state index contributed by atoms with van der Waals surface area (Å²) >= 11 is 5.88. The van der Waals surface area contributed by atoms with Crippen LogP contribution in [0.15, 0.2) is 36.5 Å². The van der Waals surface area contributed by atoms with Gasteiger partial charge in [0.25, 0.3) is 0 Å². The first-order valence-electron chi connectivity index (χ1n) is 7.82. The maximum absolute atomic E-state index is 12.2. The smallest absolute Gasteiger partial charge is 0.320 e. The van der Waals surface area contributed by atoms with E-state index in [0.29, 0.717) is 23.8 Å². The number of nitrogens with one attached hydrogen (secondary N) is 2. The molecule has 0 aliphatic carbocycles. The molecule has 0 radical (unpaired) electrons. The Hall–Kier alpha value is -2.54. The number of halogens is 1. The molecule has 0 spiro atoms. The van der Waals surface area contributed by atoms with Gasteiger partial charge in [0.15, 0.2) is 0 Å². The van der Waals surface area contributed by atoms with Crippen LogP contribution < -0.4 is 10.6 Å². The number of amides is 2. The predicted molar refractivity (Wildman–Crippen MR) is 95.9 cm³/mol. The van der Waals surface area contributed by atoms with E-state index in [1.165, 1.54) is 0 Å². The molecule has 2 amide bonds. The summed E-state index contributed by atoms with van der Waals surface area (Å²) in [7, 11) is 0. The van der Waals surface area contributed by atoms with Gasteiger partial charge in [0, 0.05) is 23.0 Å². The number of aromatic nitrogens is 2. The zero-order valence-electron chi connectivity index (χ0n) is 14.1. The van der Waals surface area contributed by atoms with Crippen molar-refractivity contribution in [2.75, 3.05) is 5.32 Å². The normalized spacial score (nSPS) is 11.2. The lowest BCUT2D eigenvalue weighted by Crippen LogP contribution is -2.46. The third-order valence-corrected chi connectivity index (χ3v) is 3.87. The highest BCUT2D eigenvalue weighted by molar-refractivity contribution is 6.30. The first-order chi connectivity index (χ1) is 11.7. The maximum atomic E-state index is 12.2. The van der Waals surface area contributed by atoms with Gasteiger partial charge in [-0.15, -0.1) is 0 Å². The predicted octanol–water partition coefficient (Wildman–Crippen LogP) is 3.35. The second kappa shape index (κ2) is 8.02. The van der Waals surface area contributed by atoms with Crippen molar-refractivity contribution in [3.8, 4) is 0 Å². The summed E-state index contributed by atoms with van der Waals surface area (Å²) in [6, 6.07) is 8.66. The highest BCUT2D eigenvalue weighted by atomic mass is 35.5. The Morgan fingerprint density at radius 3 is 2.56 bits per heavy atom. The van der Waals surface area contributed by atoms with E-state index in [1.54, 1.807) is 42.9 Å². The average Bonchev–Trinajstić information content (AvgIpc) is 2.94. The molecule has 0 saturated heterocycles. The number of carboxylic acid groups (broad SMARTS) is 1. The lowest BCUT2D eigenvalue weighted by atomic mass is 9.99. The fraction of sp³-hybridized carbons (Fsp3) is 0.353. The van der Waals surface area contributed by atoms with E-state index in [2.05, 4.69) is 15.7 Å². The van der Waals surface area contributed by atoms with Gasteiger partial charge in [0.05, 0.1) is 12.7 Å². The third-order valence-electron chi connectivity index (χ3n) is 3.62. The van der Waals surface area contributed by atoms with E-state index in [0.717, 1.165) is 5.56 Å². The molecule has 0 unspecified atom stereocenters. The molecule has 0 aliphatic rings. The van der Waals surface area contributed by atoms with Crippen molar-refractivity contribution < 1.29 is 14.7 Å². The quantitative estimate of drug-likeness (QED) is 0.701. The molecule has 1 aromatic heterocycles. The Labute approximate surface area is 151 Å². The van der Waals surface area contributed by atoms with Gasteiger partial charge in [-0.1, -0.05) is 23.7 Å². The monoisotopic (exact) mass is 364 g/mol. The molecule has 0 saturated carbocycles. The van der Waals surface area contributed by atoms with Gasteiger partial charge in [-0.3, -0.25) is 10.1 Å². The van der Waals surface area contributed by atoms with Gasteiger partial charge in [-0.2, -0.15) is 5.10 Å². The number of carbonyl (C=O) groups is 2. The van der Waals surface area contributed by atoms with Crippen molar-refractivity contribution in [1.29, 1.82) is 0 Å². The first-order valence-corrected chi connectivity index (χ1v) is 8.20. The number of aliphatic carboxylic acids is 1. The van der Waals surface area contributed by atoms with Crippen LogP contribution in [0.25, 0.3) is 0 Å². The summed E-state index contributed by atoms with van der Waals surface area (Å²) in [5.74, 6) is -0.349. The van der Waals surface area contributed by atoms with Crippen LogP contribution in [0.2, 0.25) is 5.02 Å². The topological polar surface area (TPSA) is 96.2 Å². The van der Waals surface area contributed by atoms with Gasteiger partial charge in [0.1, 0.15) is 5.82 Å².